The summed E-state index contributed by atoms with van der Waals surface area (Å²) < 4.78 is 5.87. The number of esters is 1. The Morgan fingerprint density at radius 2 is 0.800 bits per heavy atom. The molecule has 0 heterocycles. The molecule has 0 aromatic carbocycles. The van der Waals surface area contributed by atoms with E-state index in [9.17, 15) is 4.79 Å². The van der Waals surface area contributed by atoms with Crippen molar-refractivity contribution in [3.8, 4) is 0 Å². The maximum absolute atomic E-state index is 12.6. The van der Waals surface area contributed by atoms with Crippen LogP contribution in [0.1, 0.15) is 188 Å². The summed E-state index contributed by atoms with van der Waals surface area (Å²) in [7, 11) is 0. The molecule has 210 valence electrons. The summed E-state index contributed by atoms with van der Waals surface area (Å²) in [4.78, 5) is 12.6. The average molecular weight is 495 g/mol. The summed E-state index contributed by atoms with van der Waals surface area (Å²) in [5, 5.41) is 0. The zero-order valence-corrected chi connectivity index (χ0v) is 24.9. The van der Waals surface area contributed by atoms with Crippen LogP contribution in [0.15, 0.2) is 0 Å². The second kappa shape index (κ2) is 28.0. The molecule has 0 aromatic rings. The molecule has 0 fully saturated rings. The van der Waals surface area contributed by atoms with Crippen LogP contribution < -0.4 is 0 Å². The van der Waals surface area contributed by atoms with Gasteiger partial charge in [0.25, 0.3) is 0 Å². The van der Waals surface area contributed by atoms with Crippen molar-refractivity contribution < 1.29 is 9.53 Å². The van der Waals surface area contributed by atoms with E-state index in [2.05, 4.69) is 27.7 Å². The first kappa shape index (κ1) is 34.5. The summed E-state index contributed by atoms with van der Waals surface area (Å²) in [5.74, 6) is 0.686. The molecule has 35 heavy (non-hydrogen) atoms. The number of carbonyl (C=O) groups excluding carboxylic acids is 1. The molecule has 0 radical (unpaired) electrons. The average Bonchev–Trinajstić information content (AvgIpc) is 2.86. The van der Waals surface area contributed by atoms with Gasteiger partial charge in [-0.25, -0.2) is 0 Å². The molecule has 0 amide bonds. The Balaban J connectivity index is 4.07. The predicted molar refractivity (Wildman–Crippen MR) is 156 cm³/mol. The number of carbonyl (C=O) groups is 1. The highest BCUT2D eigenvalue weighted by Crippen LogP contribution is 2.21. The second-order valence-corrected chi connectivity index (χ2v) is 11.5. The van der Waals surface area contributed by atoms with Crippen LogP contribution in [0.3, 0.4) is 0 Å². The third-order valence-electron chi connectivity index (χ3n) is 7.79. The minimum atomic E-state index is 0.0528. The number of hydrogen-bond acceptors (Lipinski definition) is 2. The van der Waals surface area contributed by atoms with Gasteiger partial charge in [0, 0.05) is 0 Å². The third kappa shape index (κ3) is 24.9. The molecule has 0 N–H and O–H groups in total. The van der Waals surface area contributed by atoms with Crippen LogP contribution in [0.25, 0.3) is 0 Å². The smallest absolute Gasteiger partial charge is 0.308 e. The summed E-state index contributed by atoms with van der Waals surface area (Å²) in [6, 6.07) is 0. The van der Waals surface area contributed by atoms with E-state index in [-0.39, 0.29) is 11.9 Å². The lowest BCUT2D eigenvalue weighted by Crippen LogP contribution is -2.20. The molecule has 0 aliphatic heterocycles. The topological polar surface area (TPSA) is 26.3 Å². The number of unbranched alkanes of at least 4 members (excludes halogenated alkanes) is 19. The maximum Gasteiger partial charge on any atom is 0.308 e. The van der Waals surface area contributed by atoms with E-state index in [1.165, 1.54) is 154 Å². The van der Waals surface area contributed by atoms with Gasteiger partial charge in [0.1, 0.15) is 0 Å². The third-order valence-corrected chi connectivity index (χ3v) is 7.79. The zero-order valence-electron chi connectivity index (χ0n) is 24.9. The van der Waals surface area contributed by atoms with Crippen LogP contribution in [-0.4, -0.2) is 12.6 Å². The highest BCUT2D eigenvalue weighted by molar-refractivity contribution is 5.71. The first-order valence-corrected chi connectivity index (χ1v) is 16.3. The van der Waals surface area contributed by atoms with Crippen molar-refractivity contribution in [2.24, 2.45) is 11.8 Å². The molecule has 0 aliphatic rings. The van der Waals surface area contributed by atoms with Crippen LogP contribution in [0.2, 0.25) is 0 Å². The first-order chi connectivity index (χ1) is 17.2. The lowest BCUT2D eigenvalue weighted by Gasteiger charge is -2.19. The molecule has 0 aromatic heterocycles. The van der Waals surface area contributed by atoms with Gasteiger partial charge in [0.2, 0.25) is 0 Å². The predicted octanol–water partition coefficient (Wildman–Crippen LogP) is 11.6. The van der Waals surface area contributed by atoms with E-state index in [0.29, 0.717) is 12.5 Å². The molecule has 0 rings (SSSR count). The second-order valence-electron chi connectivity index (χ2n) is 11.5. The van der Waals surface area contributed by atoms with Crippen LogP contribution in [-0.2, 0) is 9.53 Å². The lowest BCUT2D eigenvalue weighted by molar-refractivity contribution is -0.149. The summed E-state index contributed by atoms with van der Waals surface area (Å²) >= 11 is 0. The van der Waals surface area contributed by atoms with E-state index < -0.39 is 0 Å². The van der Waals surface area contributed by atoms with Gasteiger partial charge in [-0.05, 0) is 25.2 Å². The van der Waals surface area contributed by atoms with Crippen molar-refractivity contribution in [1.82, 2.24) is 0 Å². The highest BCUT2D eigenvalue weighted by atomic mass is 16.5. The van der Waals surface area contributed by atoms with Crippen molar-refractivity contribution in [2.75, 3.05) is 6.61 Å². The van der Waals surface area contributed by atoms with Gasteiger partial charge >= 0.3 is 5.97 Å². The number of hydrogen-bond donors (Lipinski definition) is 0. The Hall–Kier alpha value is -0.530. The Kier molecular flexibility index (Phi) is 27.6. The molecule has 2 atom stereocenters. The lowest BCUT2D eigenvalue weighted by atomic mass is 9.94. The van der Waals surface area contributed by atoms with Gasteiger partial charge in [0.05, 0.1) is 12.5 Å². The molecular weight excluding hydrogens is 428 g/mol. The largest absolute Gasteiger partial charge is 0.465 e. The highest BCUT2D eigenvalue weighted by Gasteiger charge is 2.17. The normalized spacial score (nSPS) is 13.1. The van der Waals surface area contributed by atoms with Gasteiger partial charge < -0.3 is 4.74 Å². The molecule has 0 saturated carbocycles. The number of ether oxygens (including phenoxy) is 1. The van der Waals surface area contributed by atoms with Crippen LogP contribution in [0.4, 0.5) is 0 Å². The molecular formula is C33H66O2. The van der Waals surface area contributed by atoms with Gasteiger partial charge in [0.15, 0.2) is 0 Å². The van der Waals surface area contributed by atoms with Crippen molar-refractivity contribution in [3.05, 3.63) is 0 Å². The quantitative estimate of drug-likeness (QED) is 0.0798. The van der Waals surface area contributed by atoms with E-state index >= 15 is 0 Å². The maximum atomic E-state index is 12.6. The molecule has 0 spiro atoms. The van der Waals surface area contributed by atoms with E-state index in [1.54, 1.807) is 0 Å². The number of rotatable bonds is 28. The molecule has 0 bridgehead atoms. The Morgan fingerprint density at radius 1 is 0.486 bits per heavy atom. The van der Waals surface area contributed by atoms with Crippen LogP contribution in [0.5, 0.6) is 0 Å². The van der Waals surface area contributed by atoms with Gasteiger partial charge in [-0.3, -0.25) is 4.79 Å². The molecule has 0 aliphatic carbocycles. The standard InChI is InChI=1S/C33H66O2/c1-5-8-11-14-17-18-20-21-24-27-31(4)33(34)35-30-32(28-25-22-16-13-10-7-3)29-26-23-19-15-12-9-6-2/h31-32H,5-30H2,1-4H3. The molecule has 2 heteroatoms. The Morgan fingerprint density at radius 3 is 1.17 bits per heavy atom. The van der Waals surface area contributed by atoms with E-state index in [0.717, 1.165) is 6.42 Å². The van der Waals surface area contributed by atoms with E-state index in [4.69, 9.17) is 4.74 Å². The summed E-state index contributed by atoms with van der Waals surface area (Å²) in [6.45, 7) is 9.57. The minimum absolute atomic E-state index is 0.0528. The van der Waals surface area contributed by atoms with Gasteiger partial charge in [-0.15, -0.1) is 0 Å². The van der Waals surface area contributed by atoms with Crippen molar-refractivity contribution >= 4 is 5.97 Å². The molecule has 0 saturated heterocycles. The fourth-order valence-electron chi connectivity index (χ4n) is 5.14. The summed E-state index contributed by atoms with van der Waals surface area (Å²) in [5.41, 5.74) is 0. The van der Waals surface area contributed by atoms with Crippen molar-refractivity contribution in [3.63, 3.8) is 0 Å². The Labute approximate surface area is 222 Å². The van der Waals surface area contributed by atoms with E-state index in [1.807, 2.05) is 0 Å². The first-order valence-electron chi connectivity index (χ1n) is 16.3. The fraction of sp³-hybridized carbons (Fsp3) is 0.970. The summed E-state index contributed by atoms with van der Waals surface area (Å²) in [6.07, 6.45) is 33.1. The Bertz CT molecular complexity index is 419. The zero-order chi connectivity index (χ0) is 25.8. The SMILES string of the molecule is CCCCCCCCCCCC(C)C(=O)OCC(CCCCCCCC)CCCCCCCCC. The van der Waals surface area contributed by atoms with Crippen molar-refractivity contribution in [1.29, 1.82) is 0 Å². The van der Waals surface area contributed by atoms with Gasteiger partial charge in [-0.2, -0.15) is 0 Å². The molecule has 2 unspecified atom stereocenters. The van der Waals surface area contributed by atoms with Gasteiger partial charge in [-0.1, -0.05) is 169 Å². The molecule has 2 nitrogen and oxygen atoms in total. The van der Waals surface area contributed by atoms with Crippen LogP contribution >= 0.6 is 0 Å². The fourth-order valence-corrected chi connectivity index (χ4v) is 5.14. The van der Waals surface area contributed by atoms with Crippen molar-refractivity contribution in [2.45, 2.75) is 188 Å². The van der Waals surface area contributed by atoms with Crippen LogP contribution in [0, 0.1) is 11.8 Å². The minimum Gasteiger partial charge on any atom is -0.465 e. The monoisotopic (exact) mass is 495 g/mol.